The van der Waals surface area contributed by atoms with Crippen LogP contribution in [0, 0.1) is 12.8 Å². The number of rotatable bonds is 3. The number of anilines is 1. The van der Waals surface area contributed by atoms with E-state index in [0.717, 1.165) is 31.5 Å². The maximum absolute atomic E-state index is 12.2. The van der Waals surface area contributed by atoms with Crippen molar-refractivity contribution in [3.8, 4) is 0 Å². The topological polar surface area (TPSA) is 58.6 Å². The van der Waals surface area contributed by atoms with E-state index in [0.29, 0.717) is 23.6 Å². The molecule has 1 aromatic rings. The van der Waals surface area contributed by atoms with Crippen LogP contribution in [0.1, 0.15) is 39.2 Å². The first-order valence-corrected chi connectivity index (χ1v) is 8.71. The predicted octanol–water partition coefficient (Wildman–Crippen LogP) is 3.52. The third kappa shape index (κ3) is 5.23. The molecule has 2 heterocycles. The average Bonchev–Trinajstić information content (AvgIpc) is 2.48. The normalized spacial score (nSPS) is 18.4. The molecule has 1 amide bonds. The van der Waals surface area contributed by atoms with Crippen molar-refractivity contribution >= 4 is 23.6 Å². The van der Waals surface area contributed by atoms with Gasteiger partial charge in [0.05, 0.1) is 0 Å². The van der Waals surface area contributed by atoms with Crippen LogP contribution in [0.2, 0.25) is 5.15 Å². The Bertz CT molecular complexity index is 588. The molecule has 0 radical (unpaired) electrons. The van der Waals surface area contributed by atoms with Crippen LogP contribution in [-0.2, 0) is 4.74 Å². The molecule has 1 aromatic heterocycles. The number of aryl methyl sites for hydroxylation is 1. The third-order valence-corrected chi connectivity index (χ3v) is 4.32. The first-order chi connectivity index (χ1) is 11.2. The number of piperidine rings is 1. The Labute approximate surface area is 149 Å². The van der Waals surface area contributed by atoms with E-state index in [9.17, 15) is 4.79 Å². The van der Waals surface area contributed by atoms with Gasteiger partial charge >= 0.3 is 6.09 Å². The van der Waals surface area contributed by atoms with E-state index >= 15 is 0 Å². The monoisotopic (exact) mass is 354 g/mol. The summed E-state index contributed by atoms with van der Waals surface area (Å²) in [6.07, 6.45) is 3.55. The van der Waals surface area contributed by atoms with E-state index in [1.54, 1.807) is 11.1 Å². The molecule has 0 bridgehead atoms. The summed E-state index contributed by atoms with van der Waals surface area (Å²) in [5.74, 6) is 0.972. The van der Waals surface area contributed by atoms with Crippen LogP contribution in [0.15, 0.2) is 6.20 Å². The van der Waals surface area contributed by atoms with Crippen LogP contribution in [0.25, 0.3) is 0 Å². The number of aromatic nitrogens is 2. The van der Waals surface area contributed by atoms with Gasteiger partial charge in [0, 0.05) is 38.4 Å². The van der Waals surface area contributed by atoms with Crippen LogP contribution >= 0.6 is 11.6 Å². The molecule has 24 heavy (non-hydrogen) atoms. The van der Waals surface area contributed by atoms with Gasteiger partial charge < -0.3 is 14.5 Å². The minimum Gasteiger partial charge on any atom is -0.444 e. The average molecular weight is 355 g/mol. The first-order valence-electron chi connectivity index (χ1n) is 8.34. The summed E-state index contributed by atoms with van der Waals surface area (Å²) in [5.41, 5.74) is 0.399. The fourth-order valence-electron chi connectivity index (χ4n) is 2.77. The number of hydrogen-bond donors (Lipinski definition) is 0. The SMILES string of the molecule is Cc1cnc(N(C)C[C@@H]2CCCN(C(=O)OC(C)(C)C)C2)nc1Cl. The molecular formula is C17H27ClN4O2. The standard InChI is InChI=1S/C17H27ClN4O2/c1-12-9-19-15(20-14(12)18)21(5)10-13-7-6-8-22(11-13)16(23)24-17(2,3)4/h9,13H,6-8,10-11H2,1-5H3/t13-/m0/s1. The van der Waals surface area contributed by atoms with Crippen LogP contribution in [0.5, 0.6) is 0 Å². The van der Waals surface area contributed by atoms with Crippen molar-refractivity contribution in [2.45, 2.75) is 46.1 Å². The summed E-state index contributed by atoms with van der Waals surface area (Å²) >= 11 is 6.08. The van der Waals surface area contributed by atoms with Gasteiger partial charge in [-0.2, -0.15) is 0 Å². The van der Waals surface area contributed by atoms with Crippen LogP contribution in [-0.4, -0.2) is 53.2 Å². The van der Waals surface area contributed by atoms with Crippen molar-refractivity contribution in [1.29, 1.82) is 0 Å². The van der Waals surface area contributed by atoms with Gasteiger partial charge in [-0.25, -0.2) is 14.8 Å². The lowest BCUT2D eigenvalue weighted by atomic mass is 9.98. The third-order valence-electron chi connectivity index (χ3n) is 3.94. The number of carbonyl (C=O) groups excluding carboxylic acids is 1. The molecule has 0 spiro atoms. The minimum absolute atomic E-state index is 0.232. The smallest absolute Gasteiger partial charge is 0.410 e. The molecule has 134 valence electrons. The summed E-state index contributed by atoms with van der Waals surface area (Å²) in [4.78, 5) is 24.7. The van der Waals surface area contributed by atoms with E-state index < -0.39 is 5.60 Å². The number of ether oxygens (including phenoxy) is 1. The predicted molar refractivity (Wildman–Crippen MR) is 95.6 cm³/mol. The molecule has 1 fully saturated rings. The van der Waals surface area contributed by atoms with Crippen molar-refractivity contribution in [2.24, 2.45) is 5.92 Å². The quantitative estimate of drug-likeness (QED) is 0.777. The zero-order chi connectivity index (χ0) is 17.9. The van der Waals surface area contributed by atoms with E-state index in [1.165, 1.54) is 0 Å². The lowest BCUT2D eigenvalue weighted by Crippen LogP contribution is -2.45. The lowest BCUT2D eigenvalue weighted by Gasteiger charge is -2.35. The molecular weight excluding hydrogens is 328 g/mol. The van der Waals surface area contributed by atoms with Gasteiger partial charge in [-0.1, -0.05) is 11.6 Å². The highest BCUT2D eigenvalue weighted by Gasteiger charge is 2.28. The molecule has 1 aliphatic heterocycles. The van der Waals surface area contributed by atoms with Gasteiger partial charge in [0.1, 0.15) is 10.8 Å². The molecule has 7 heteroatoms. The second kappa shape index (κ2) is 7.55. The molecule has 1 atom stereocenters. The highest BCUT2D eigenvalue weighted by Crippen LogP contribution is 2.22. The summed E-state index contributed by atoms with van der Waals surface area (Å²) in [5, 5.41) is 0.478. The number of hydrogen-bond acceptors (Lipinski definition) is 5. The van der Waals surface area contributed by atoms with Gasteiger partial charge in [0.2, 0.25) is 5.95 Å². The Kier molecular flexibility index (Phi) is 5.91. The summed E-state index contributed by atoms with van der Waals surface area (Å²) in [6.45, 7) is 9.77. The molecule has 0 N–H and O–H groups in total. The molecule has 6 nitrogen and oxygen atoms in total. The molecule has 0 aromatic carbocycles. The number of likely N-dealkylation sites (tertiary alicyclic amines) is 1. The molecule has 0 aliphatic carbocycles. The van der Waals surface area contributed by atoms with Gasteiger partial charge in [-0.3, -0.25) is 0 Å². The van der Waals surface area contributed by atoms with Crippen LogP contribution < -0.4 is 4.90 Å². The Morgan fingerprint density at radius 3 is 2.83 bits per heavy atom. The maximum Gasteiger partial charge on any atom is 0.410 e. The number of carbonyl (C=O) groups is 1. The Balaban J connectivity index is 1.94. The molecule has 1 aliphatic rings. The van der Waals surface area contributed by atoms with Gasteiger partial charge in [-0.15, -0.1) is 0 Å². The highest BCUT2D eigenvalue weighted by molar-refractivity contribution is 6.30. The Morgan fingerprint density at radius 2 is 2.21 bits per heavy atom. The molecule has 1 saturated heterocycles. The van der Waals surface area contributed by atoms with Gasteiger partial charge in [0.15, 0.2) is 0 Å². The zero-order valence-electron chi connectivity index (χ0n) is 15.2. The molecule has 0 saturated carbocycles. The van der Waals surface area contributed by atoms with Gasteiger partial charge in [-0.05, 0) is 46.5 Å². The zero-order valence-corrected chi connectivity index (χ0v) is 15.9. The second-order valence-corrected chi connectivity index (χ2v) is 7.82. The summed E-state index contributed by atoms with van der Waals surface area (Å²) in [7, 11) is 1.95. The van der Waals surface area contributed by atoms with Crippen LogP contribution in [0.3, 0.4) is 0 Å². The second-order valence-electron chi connectivity index (χ2n) is 7.46. The maximum atomic E-state index is 12.2. The van der Waals surface area contributed by atoms with Crippen LogP contribution in [0.4, 0.5) is 10.7 Å². The summed E-state index contributed by atoms with van der Waals surface area (Å²) in [6, 6.07) is 0. The largest absolute Gasteiger partial charge is 0.444 e. The molecule has 0 unspecified atom stereocenters. The van der Waals surface area contributed by atoms with Gasteiger partial charge in [0.25, 0.3) is 0 Å². The van der Waals surface area contributed by atoms with Crippen molar-refractivity contribution < 1.29 is 9.53 Å². The first kappa shape index (κ1) is 18.8. The van der Waals surface area contributed by atoms with Crippen molar-refractivity contribution in [3.05, 3.63) is 16.9 Å². The number of nitrogens with zero attached hydrogens (tertiary/aromatic N) is 4. The lowest BCUT2D eigenvalue weighted by molar-refractivity contribution is 0.0170. The Morgan fingerprint density at radius 1 is 1.50 bits per heavy atom. The van der Waals surface area contributed by atoms with E-state index in [-0.39, 0.29) is 6.09 Å². The minimum atomic E-state index is -0.465. The fourth-order valence-corrected chi connectivity index (χ4v) is 2.90. The number of amides is 1. The summed E-state index contributed by atoms with van der Waals surface area (Å²) < 4.78 is 5.48. The fraction of sp³-hybridized carbons (Fsp3) is 0.706. The Hall–Kier alpha value is -1.56. The van der Waals surface area contributed by atoms with Crippen molar-refractivity contribution in [2.75, 3.05) is 31.6 Å². The van der Waals surface area contributed by atoms with E-state index in [4.69, 9.17) is 16.3 Å². The van der Waals surface area contributed by atoms with E-state index in [1.807, 2.05) is 39.6 Å². The molecule has 2 rings (SSSR count). The van der Waals surface area contributed by atoms with Crippen molar-refractivity contribution in [3.63, 3.8) is 0 Å². The van der Waals surface area contributed by atoms with Crippen molar-refractivity contribution in [1.82, 2.24) is 14.9 Å². The van der Waals surface area contributed by atoms with E-state index in [2.05, 4.69) is 9.97 Å². The highest BCUT2D eigenvalue weighted by atomic mass is 35.5. The number of halogens is 1.